The van der Waals surface area contributed by atoms with Gasteiger partial charge in [-0.25, -0.2) is 8.78 Å². The third kappa shape index (κ3) is 3.66. The summed E-state index contributed by atoms with van der Waals surface area (Å²) in [4.78, 5) is 24.5. The Hall–Kier alpha value is -3.32. The minimum atomic E-state index is -7.12. The molecule has 1 fully saturated rings. The second-order valence-corrected chi connectivity index (χ2v) is 8.91. The molecule has 0 aromatic heterocycles. The molecule has 4 nitrogen and oxygen atoms in total. The molecule has 0 aliphatic heterocycles. The summed E-state index contributed by atoms with van der Waals surface area (Å²) in [6.07, 6.45) is 0. The molecule has 0 saturated heterocycles. The zero-order valence-corrected chi connectivity index (χ0v) is 19.7. The Labute approximate surface area is 209 Å². The number of carbonyl (C=O) groups is 2. The maximum Gasteiger partial charge on any atom is 0.362 e. The van der Waals surface area contributed by atoms with Gasteiger partial charge in [0.15, 0.2) is 0 Å². The molecule has 1 aliphatic carbocycles. The zero-order valence-electron chi connectivity index (χ0n) is 19.7. The van der Waals surface area contributed by atoms with E-state index in [4.69, 9.17) is 0 Å². The number of hydrogen-bond acceptors (Lipinski definition) is 2. The topological polar surface area (TPSA) is 40.6 Å². The maximum absolute atomic E-state index is 15.5. The predicted octanol–water partition coefficient (Wildman–Crippen LogP) is 5.28. The Morgan fingerprint density at radius 1 is 0.526 bits per heavy atom. The highest BCUT2D eigenvalue weighted by Crippen LogP contribution is 2.69. The Morgan fingerprint density at radius 2 is 0.763 bits per heavy atom. The summed E-state index contributed by atoms with van der Waals surface area (Å²) in [6, 6.07) is 13.1. The van der Waals surface area contributed by atoms with Crippen molar-refractivity contribution in [3.63, 3.8) is 0 Å². The van der Waals surface area contributed by atoms with Crippen LogP contribution in [0.15, 0.2) is 60.7 Å². The van der Waals surface area contributed by atoms with Gasteiger partial charge in [-0.15, -0.1) is 0 Å². The van der Waals surface area contributed by atoms with Crippen molar-refractivity contribution < 1.29 is 53.5 Å². The summed E-state index contributed by atoms with van der Waals surface area (Å²) >= 11 is 0. The van der Waals surface area contributed by atoms with Crippen LogP contribution in [0.1, 0.15) is 11.1 Å². The summed E-state index contributed by atoms with van der Waals surface area (Å²) in [5.74, 6) is -34.8. The van der Waals surface area contributed by atoms with Gasteiger partial charge in [-0.3, -0.25) is 9.59 Å². The molecule has 208 valence electrons. The monoisotopic (exact) mass is 558 g/mol. The van der Waals surface area contributed by atoms with Crippen LogP contribution >= 0.6 is 0 Å². The second kappa shape index (κ2) is 9.16. The van der Waals surface area contributed by atoms with E-state index in [0.717, 1.165) is 0 Å². The van der Waals surface area contributed by atoms with E-state index in [1.165, 1.54) is 60.7 Å². The van der Waals surface area contributed by atoms with E-state index in [9.17, 15) is 44.7 Å². The molecular weight excluding hydrogens is 538 g/mol. The van der Waals surface area contributed by atoms with Gasteiger partial charge in [-0.2, -0.15) is 35.1 Å². The van der Waals surface area contributed by atoms with E-state index < -0.39 is 59.9 Å². The van der Waals surface area contributed by atoms with Crippen molar-refractivity contribution in [1.29, 1.82) is 0 Å². The number of carbonyl (C=O) groups excluding carboxylic acids is 2. The molecule has 2 aromatic rings. The van der Waals surface area contributed by atoms with Crippen LogP contribution < -0.4 is 0 Å². The number of amides is 2. The van der Waals surface area contributed by atoms with Gasteiger partial charge < -0.3 is 9.80 Å². The Kier molecular flexibility index (Phi) is 7.04. The number of benzene rings is 2. The first-order valence-electron chi connectivity index (χ1n) is 10.8. The lowest BCUT2D eigenvalue weighted by atomic mass is 9.65. The average Bonchev–Trinajstić information content (AvgIpc) is 2.86. The molecule has 2 aromatic carbocycles. The molecule has 0 spiro atoms. The predicted molar refractivity (Wildman–Crippen MR) is 113 cm³/mol. The minimum absolute atomic E-state index is 0.00506. The first-order chi connectivity index (χ1) is 17.3. The Balaban J connectivity index is 2.12. The molecule has 0 unspecified atom stereocenters. The van der Waals surface area contributed by atoms with Gasteiger partial charge in [0, 0.05) is 27.2 Å². The highest BCUT2D eigenvalue weighted by molar-refractivity contribution is 5.93. The fourth-order valence-electron chi connectivity index (χ4n) is 4.18. The molecule has 0 bridgehead atoms. The molecule has 1 aliphatic rings. The van der Waals surface area contributed by atoms with Gasteiger partial charge in [-0.1, -0.05) is 60.7 Å². The van der Waals surface area contributed by atoms with E-state index in [1.807, 2.05) is 0 Å². The van der Waals surface area contributed by atoms with Crippen molar-refractivity contribution >= 4 is 11.8 Å². The molecule has 0 atom stereocenters. The Morgan fingerprint density at radius 3 is 1.00 bits per heavy atom. The SMILES string of the molecule is CN(Cc1ccccc1)C(=O)C1(F)C(F)(F)C(F)(F)C(F)(C(=O)N(C)Cc2ccccc2)C(F)(F)C1(F)F. The van der Waals surface area contributed by atoms with Gasteiger partial charge in [0.25, 0.3) is 11.8 Å². The van der Waals surface area contributed by atoms with Crippen molar-refractivity contribution in [2.45, 2.75) is 48.1 Å². The van der Waals surface area contributed by atoms with Crippen LogP contribution in [0.25, 0.3) is 0 Å². The largest absolute Gasteiger partial charge is 0.362 e. The number of rotatable bonds is 6. The van der Waals surface area contributed by atoms with E-state index >= 15 is 8.78 Å². The third-order valence-corrected chi connectivity index (χ3v) is 6.33. The molecule has 0 radical (unpaired) electrons. The fraction of sp³-hybridized carbons (Fsp3) is 0.417. The van der Waals surface area contributed by atoms with Crippen LogP contribution in [0.3, 0.4) is 0 Å². The first-order valence-corrected chi connectivity index (χ1v) is 10.8. The van der Waals surface area contributed by atoms with Crippen LogP contribution in [0.2, 0.25) is 0 Å². The molecule has 14 heteroatoms. The van der Waals surface area contributed by atoms with Crippen molar-refractivity contribution in [3.8, 4) is 0 Å². The quantitative estimate of drug-likeness (QED) is 0.454. The van der Waals surface area contributed by atoms with Gasteiger partial charge in [0.1, 0.15) is 0 Å². The summed E-state index contributed by atoms with van der Waals surface area (Å²) < 4.78 is 151. The number of alkyl halides is 10. The molecule has 0 N–H and O–H groups in total. The normalized spacial score (nSPS) is 26.8. The van der Waals surface area contributed by atoms with Gasteiger partial charge in [0.2, 0.25) is 0 Å². The number of halogens is 10. The van der Waals surface area contributed by atoms with Gasteiger partial charge >= 0.3 is 35.0 Å². The second-order valence-electron chi connectivity index (χ2n) is 8.91. The molecule has 0 heterocycles. The number of hydrogen-bond donors (Lipinski definition) is 0. The molecule has 3 rings (SSSR count). The van der Waals surface area contributed by atoms with Crippen LogP contribution in [-0.4, -0.2) is 70.7 Å². The first kappa shape index (κ1) is 29.2. The van der Waals surface area contributed by atoms with E-state index in [0.29, 0.717) is 14.1 Å². The van der Waals surface area contributed by atoms with Crippen LogP contribution in [-0.2, 0) is 22.7 Å². The van der Waals surface area contributed by atoms with Crippen molar-refractivity contribution in [2.75, 3.05) is 14.1 Å². The molecular formula is C24H20F10N2O2. The summed E-state index contributed by atoms with van der Waals surface area (Å²) in [5.41, 5.74) is -13.3. The van der Waals surface area contributed by atoms with Crippen molar-refractivity contribution in [2.24, 2.45) is 0 Å². The lowest BCUT2D eigenvalue weighted by Crippen LogP contribution is -2.89. The smallest absolute Gasteiger partial charge is 0.338 e. The van der Waals surface area contributed by atoms with E-state index in [1.54, 1.807) is 0 Å². The van der Waals surface area contributed by atoms with Crippen molar-refractivity contribution in [1.82, 2.24) is 9.80 Å². The average molecular weight is 558 g/mol. The lowest BCUT2D eigenvalue weighted by Gasteiger charge is -2.54. The summed E-state index contributed by atoms with van der Waals surface area (Å²) in [7, 11) is 0.852. The minimum Gasteiger partial charge on any atom is -0.338 e. The van der Waals surface area contributed by atoms with Gasteiger partial charge in [-0.05, 0) is 11.1 Å². The van der Waals surface area contributed by atoms with Crippen LogP contribution in [0.4, 0.5) is 43.9 Å². The van der Waals surface area contributed by atoms with Crippen LogP contribution in [0.5, 0.6) is 0 Å². The molecule has 1 saturated carbocycles. The summed E-state index contributed by atoms with van der Waals surface area (Å²) in [6.45, 7) is -1.87. The highest BCUT2D eigenvalue weighted by atomic mass is 19.4. The standard InChI is InChI=1S/C24H20F10N2O2/c1-35(13-15-9-5-3-6-10-15)17(37)19(25)21(27,28)23(31,32)20(26,24(33,34)22(19,29)30)18(38)36(2)14-16-11-7-4-8-12-16/h3-12H,13-14H2,1-2H3. The van der Waals surface area contributed by atoms with Gasteiger partial charge in [0.05, 0.1) is 0 Å². The lowest BCUT2D eigenvalue weighted by molar-refractivity contribution is -0.442. The summed E-state index contributed by atoms with van der Waals surface area (Å²) in [5, 5.41) is 0. The zero-order chi connectivity index (χ0) is 28.9. The molecule has 2 amide bonds. The highest BCUT2D eigenvalue weighted by Gasteiger charge is 3.03. The third-order valence-electron chi connectivity index (χ3n) is 6.33. The number of nitrogens with zero attached hydrogens (tertiary/aromatic N) is 2. The van der Waals surface area contributed by atoms with Crippen molar-refractivity contribution in [3.05, 3.63) is 71.8 Å². The maximum atomic E-state index is 15.5. The van der Waals surface area contributed by atoms with Crippen LogP contribution in [0, 0.1) is 0 Å². The van der Waals surface area contributed by atoms with E-state index in [-0.39, 0.29) is 20.9 Å². The Bertz CT molecular complexity index is 1070. The molecule has 38 heavy (non-hydrogen) atoms. The fourth-order valence-corrected chi connectivity index (χ4v) is 4.18. The van der Waals surface area contributed by atoms with E-state index in [2.05, 4.69) is 0 Å².